The maximum Gasteiger partial charge on any atom is 0.248 e. The Kier molecular flexibility index (Phi) is 4.50. The van der Waals surface area contributed by atoms with Gasteiger partial charge in [0.2, 0.25) is 21.8 Å². The first-order valence-corrected chi connectivity index (χ1v) is 9.49. The summed E-state index contributed by atoms with van der Waals surface area (Å²) in [5.41, 5.74) is 2.03. The van der Waals surface area contributed by atoms with Crippen molar-refractivity contribution in [2.24, 2.45) is 0 Å². The van der Waals surface area contributed by atoms with Gasteiger partial charge in [0.25, 0.3) is 0 Å². The van der Waals surface area contributed by atoms with Crippen molar-refractivity contribution in [2.75, 3.05) is 18.8 Å². The second-order valence-corrected chi connectivity index (χ2v) is 8.09. The Balaban J connectivity index is 1.72. The van der Waals surface area contributed by atoms with Crippen LogP contribution in [0.25, 0.3) is 11.5 Å². The predicted octanol–water partition coefficient (Wildman–Crippen LogP) is 2.57. The second-order valence-electron chi connectivity index (χ2n) is 5.83. The minimum absolute atomic E-state index is 0.128. The number of piperidine rings is 1. The topological polar surface area (TPSA) is 76.3 Å². The van der Waals surface area contributed by atoms with Crippen LogP contribution in [0.2, 0.25) is 0 Å². The van der Waals surface area contributed by atoms with Crippen molar-refractivity contribution in [3.63, 3.8) is 0 Å². The molecule has 0 unspecified atom stereocenters. The van der Waals surface area contributed by atoms with Crippen LogP contribution < -0.4 is 0 Å². The van der Waals surface area contributed by atoms with Crippen molar-refractivity contribution in [1.82, 2.24) is 14.5 Å². The van der Waals surface area contributed by atoms with Crippen LogP contribution in [0, 0.1) is 6.92 Å². The number of aryl methyl sites for hydroxylation is 1. The van der Waals surface area contributed by atoms with Gasteiger partial charge in [-0.2, -0.15) is 0 Å². The molecular formula is C16H21N3O3S. The molecule has 0 aliphatic carbocycles. The Morgan fingerprint density at radius 1 is 1.22 bits per heavy atom. The molecule has 2 heterocycles. The highest BCUT2D eigenvalue weighted by Gasteiger charge is 2.30. The fourth-order valence-corrected chi connectivity index (χ4v) is 4.02. The lowest BCUT2D eigenvalue weighted by molar-refractivity contribution is 0.291. The number of sulfonamides is 1. The summed E-state index contributed by atoms with van der Waals surface area (Å²) < 4.78 is 31.2. The Morgan fingerprint density at radius 2 is 1.91 bits per heavy atom. The highest BCUT2D eigenvalue weighted by Crippen LogP contribution is 2.31. The SMILES string of the molecule is CCS(=O)(=O)N1CCC(c2nnc(-c3ccccc3C)o2)CC1. The van der Waals surface area contributed by atoms with Crippen LogP contribution in [0.4, 0.5) is 0 Å². The molecule has 2 aromatic rings. The number of nitrogens with zero attached hydrogens (tertiary/aromatic N) is 3. The monoisotopic (exact) mass is 335 g/mol. The molecule has 0 radical (unpaired) electrons. The summed E-state index contributed by atoms with van der Waals surface area (Å²) in [6.45, 7) is 4.72. The first-order valence-electron chi connectivity index (χ1n) is 7.88. The van der Waals surface area contributed by atoms with Crippen LogP contribution in [0.5, 0.6) is 0 Å². The van der Waals surface area contributed by atoms with Gasteiger partial charge >= 0.3 is 0 Å². The molecule has 7 heteroatoms. The van der Waals surface area contributed by atoms with Gasteiger partial charge in [0, 0.05) is 24.6 Å². The molecule has 1 aliphatic heterocycles. The fourth-order valence-electron chi connectivity index (χ4n) is 2.88. The summed E-state index contributed by atoms with van der Waals surface area (Å²) >= 11 is 0. The van der Waals surface area contributed by atoms with Gasteiger partial charge in [0.05, 0.1) is 5.75 Å². The van der Waals surface area contributed by atoms with E-state index >= 15 is 0 Å². The first kappa shape index (κ1) is 16.1. The van der Waals surface area contributed by atoms with Gasteiger partial charge in [-0.1, -0.05) is 18.2 Å². The molecule has 1 aromatic carbocycles. The molecule has 1 aliphatic rings. The normalized spacial score (nSPS) is 17.5. The highest BCUT2D eigenvalue weighted by atomic mass is 32.2. The van der Waals surface area contributed by atoms with Crippen LogP contribution in [-0.4, -0.2) is 41.8 Å². The summed E-state index contributed by atoms with van der Waals surface area (Å²) in [4.78, 5) is 0. The molecule has 1 saturated heterocycles. The van der Waals surface area contributed by atoms with Gasteiger partial charge in [0.15, 0.2) is 0 Å². The Morgan fingerprint density at radius 3 is 2.57 bits per heavy atom. The molecule has 1 aromatic heterocycles. The molecular weight excluding hydrogens is 314 g/mol. The zero-order valence-corrected chi connectivity index (χ0v) is 14.2. The van der Waals surface area contributed by atoms with Crippen LogP contribution in [0.1, 0.15) is 37.1 Å². The lowest BCUT2D eigenvalue weighted by atomic mass is 9.98. The van der Waals surface area contributed by atoms with Gasteiger partial charge in [-0.25, -0.2) is 12.7 Å². The second kappa shape index (κ2) is 6.41. The Hall–Kier alpha value is -1.73. The zero-order valence-electron chi connectivity index (χ0n) is 13.4. The summed E-state index contributed by atoms with van der Waals surface area (Å²) in [6, 6.07) is 7.89. The molecule has 0 saturated carbocycles. The van der Waals surface area contributed by atoms with E-state index in [2.05, 4.69) is 10.2 Å². The Labute approximate surface area is 136 Å². The fraction of sp³-hybridized carbons (Fsp3) is 0.500. The molecule has 0 bridgehead atoms. The largest absolute Gasteiger partial charge is 0.420 e. The van der Waals surface area contributed by atoms with E-state index in [9.17, 15) is 8.42 Å². The first-order chi connectivity index (χ1) is 11.0. The summed E-state index contributed by atoms with van der Waals surface area (Å²) in [6.07, 6.45) is 1.43. The molecule has 124 valence electrons. The number of hydrogen-bond acceptors (Lipinski definition) is 5. The number of aromatic nitrogens is 2. The number of hydrogen-bond donors (Lipinski definition) is 0. The van der Waals surface area contributed by atoms with Crippen molar-refractivity contribution in [2.45, 2.75) is 32.6 Å². The van der Waals surface area contributed by atoms with E-state index in [4.69, 9.17) is 4.42 Å². The van der Waals surface area contributed by atoms with E-state index in [0.29, 0.717) is 37.7 Å². The molecule has 0 spiro atoms. The summed E-state index contributed by atoms with van der Waals surface area (Å²) in [5, 5.41) is 8.34. The Bertz CT molecular complexity index is 777. The molecule has 6 nitrogen and oxygen atoms in total. The zero-order chi connectivity index (χ0) is 16.4. The van der Waals surface area contributed by atoms with E-state index in [-0.39, 0.29) is 11.7 Å². The van der Waals surface area contributed by atoms with Gasteiger partial charge in [-0.15, -0.1) is 10.2 Å². The predicted molar refractivity (Wildman–Crippen MR) is 87.5 cm³/mol. The van der Waals surface area contributed by atoms with Gasteiger partial charge in [0.1, 0.15) is 0 Å². The maximum atomic E-state index is 11.9. The third-order valence-corrected chi connectivity index (χ3v) is 6.26. The lowest BCUT2D eigenvalue weighted by Crippen LogP contribution is -2.38. The van der Waals surface area contributed by atoms with Crippen LogP contribution in [0.15, 0.2) is 28.7 Å². The van der Waals surface area contributed by atoms with Crippen molar-refractivity contribution < 1.29 is 12.8 Å². The van der Waals surface area contributed by atoms with E-state index < -0.39 is 10.0 Å². The maximum absolute atomic E-state index is 11.9. The standard InChI is InChI=1S/C16H21N3O3S/c1-3-23(20,21)19-10-8-13(9-11-19)15-17-18-16(22-15)14-7-5-4-6-12(14)2/h4-7,13H,3,8-11H2,1-2H3. The van der Waals surface area contributed by atoms with Crippen LogP contribution in [-0.2, 0) is 10.0 Å². The van der Waals surface area contributed by atoms with E-state index in [1.54, 1.807) is 11.2 Å². The van der Waals surface area contributed by atoms with Gasteiger partial charge in [-0.3, -0.25) is 0 Å². The average Bonchev–Trinajstić information content (AvgIpc) is 3.05. The minimum atomic E-state index is -3.10. The number of benzene rings is 1. The molecule has 1 fully saturated rings. The third kappa shape index (κ3) is 3.30. The van der Waals surface area contributed by atoms with E-state index in [1.165, 1.54) is 0 Å². The summed E-state index contributed by atoms with van der Waals surface area (Å²) in [7, 11) is -3.10. The summed E-state index contributed by atoms with van der Waals surface area (Å²) in [5.74, 6) is 1.41. The van der Waals surface area contributed by atoms with Gasteiger partial charge in [-0.05, 0) is 38.3 Å². The molecule has 0 N–H and O–H groups in total. The quantitative estimate of drug-likeness (QED) is 0.858. The third-order valence-electron chi connectivity index (χ3n) is 4.38. The van der Waals surface area contributed by atoms with E-state index in [0.717, 1.165) is 11.1 Å². The van der Waals surface area contributed by atoms with Crippen LogP contribution in [0.3, 0.4) is 0 Å². The molecule has 3 rings (SSSR count). The smallest absolute Gasteiger partial charge is 0.248 e. The van der Waals surface area contributed by atoms with Crippen LogP contribution >= 0.6 is 0 Å². The molecule has 0 amide bonds. The van der Waals surface area contributed by atoms with E-state index in [1.807, 2.05) is 31.2 Å². The van der Waals surface area contributed by atoms with Gasteiger partial charge < -0.3 is 4.42 Å². The van der Waals surface area contributed by atoms with Crippen molar-refractivity contribution in [3.05, 3.63) is 35.7 Å². The average molecular weight is 335 g/mol. The minimum Gasteiger partial charge on any atom is -0.420 e. The van der Waals surface area contributed by atoms with Crippen molar-refractivity contribution >= 4 is 10.0 Å². The number of rotatable bonds is 4. The molecule has 0 atom stereocenters. The lowest BCUT2D eigenvalue weighted by Gasteiger charge is -2.29. The van der Waals surface area contributed by atoms with Crippen molar-refractivity contribution in [1.29, 1.82) is 0 Å². The molecule has 23 heavy (non-hydrogen) atoms. The highest BCUT2D eigenvalue weighted by molar-refractivity contribution is 7.89. The van der Waals surface area contributed by atoms with Crippen molar-refractivity contribution in [3.8, 4) is 11.5 Å².